The SMILES string of the molecule is CC(C)NCc1nc(O)c(-c2ccccc2Cl)c(=O)[nH]1. The zero-order valence-corrected chi connectivity index (χ0v) is 12.0. The number of nitrogens with zero attached hydrogens (tertiary/aromatic N) is 1. The smallest absolute Gasteiger partial charge is 0.262 e. The number of halogens is 1. The molecule has 0 aliphatic heterocycles. The van der Waals surface area contributed by atoms with Gasteiger partial charge >= 0.3 is 0 Å². The summed E-state index contributed by atoms with van der Waals surface area (Å²) in [7, 11) is 0. The molecular formula is C14H16ClN3O2. The molecule has 106 valence electrons. The average molecular weight is 294 g/mol. The van der Waals surface area contributed by atoms with Crippen LogP contribution in [0.25, 0.3) is 11.1 Å². The van der Waals surface area contributed by atoms with E-state index in [9.17, 15) is 9.90 Å². The van der Waals surface area contributed by atoms with Crippen LogP contribution in [0.4, 0.5) is 0 Å². The molecule has 5 nitrogen and oxygen atoms in total. The van der Waals surface area contributed by atoms with Crippen molar-refractivity contribution in [2.45, 2.75) is 26.4 Å². The number of aromatic amines is 1. The molecule has 0 aliphatic rings. The summed E-state index contributed by atoms with van der Waals surface area (Å²) in [6.45, 7) is 4.34. The van der Waals surface area contributed by atoms with Crippen LogP contribution < -0.4 is 10.9 Å². The Morgan fingerprint density at radius 3 is 2.70 bits per heavy atom. The van der Waals surface area contributed by atoms with Crippen LogP contribution in [0.3, 0.4) is 0 Å². The van der Waals surface area contributed by atoms with Crippen molar-refractivity contribution in [3.8, 4) is 17.0 Å². The van der Waals surface area contributed by atoms with Gasteiger partial charge in [0.25, 0.3) is 5.56 Å². The van der Waals surface area contributed by atoms with Crippen molar-refractivity contribution < 1.29 is 5.11 Å². The Hall–Kier alpha value is -1.85. The number of H-pyrrole nitrogens is 1. The van der Waals surface area contributed by atoms with Gasteiger partial charge in [-0.2, -0.15) is 4.98 Å². The number of aromatic hydroxyl groups is 1. The third kappa shape index (κ3) is 3.18. The summed E-state index contributed by atoms with van der Waals surface area (Å²) in [5, 5.41) is 13.5. The maximum absolute atomic E-state index is 12.1. The summed E-state index contributed by atoms with van der Waals surface area (Å²) in [4.78, 5) is 18.8. The fraction of sp³-hybridized carbons (Fsp3) is 0.286. The molecule has 0 saturated carbocycles. The van der Waals surface area contributed by atoms with E-state index in [1.807, 2.05) is 13.8 Å². The van der Waals surface area contributed by atoms with Crippen LogP contribution in [0.5, 0.6) is 5.88 Å². The Balaban J connectivity index is 2.42. The molecule has 1 aromatic heterocycles. The van der Waals surface area contributed by atoms with Crippen LogP contribution in [0.15, 0.2) is 29.1 Å². The number of benzene rings is 1. The van der Waals surface area contributed by atoms with Crippen molar-refractivity contribution in [1.82, 2.24) is 15.3 Å². The maximum atomic E-state index is 12.1. The molecule has 0 spiro atoms. The van der Waals surface area contributed by atoms with E-state index >= 15 is 0 Å². The largest absolute Gasteiger partial charge is 0.493 e. The quantitative estimate of drug-likeness (QED) is 0.808. The predicted octanol–water partition coefficient (Wildman–Crippen LogP) is 2.29. The number of aromatic nitrogens is 2. The molecule has 6 heteroatoms. The van der Waals surface area contributed by atoms with E-state index in [1.54, 1.807) is 24.3 Å². The van der Waals surface area contributed by atoms with Gasteiger partial charge in [0.2, 0.25) is 5.88 Å². The van der Waals surface area contributed by atoms with Gasteiger partial charge in [0.15, 0.2) is 0 Å². The maximum Gasteiger partial charge on any atom is 0.262 e. The van der Waals surface area contributed by atoms with E-state index in [-0.39, 0.29) is 17.5 Å². The molecule has 0 fully saturated rings. The highest BCUT2D eigenvalue weighted by molar-refractivity contribution is 6.33. The minimum absolute atomic E-state index is 0.0869. The molecule has 2 rings (SSSR count). The lowest BCUT2D eigenvalue weighted by Gasteiger charge is -2.10. The molecule has 0 amide bonds. The third-order valence-corrected chi connectivity index (χ3v) is 3.10. The zero-order chi connectivity index (χ0) is 14.7. The first kappa shape index (κ1) is 14.6. The number of nitrogens with one attached hydrogen (secondary N) is 2. The molecule has 0 bridgehead atoms. The highest BCUT2D eigenvalue weighted by Crippen LogP contribution is 2.29. The lowest BCUT2D eigenvalue weighted by Crippen LogP contribution is -2.25. The van der Waals surface area contributed by atoms with Gasteiger partial charge in [0.05, 0.1) is 6.54 Å². The van der Waals surface area contributed by atoms with E-state index in [1.165, 1.54) is 0 Å². The van der Waals surface area contributed by atoms with E-state index in [0.29, 0.717) is 23.0 Å². The molecule has 1 heterocycles. The first-order valence-electron chi connectivity index (χ1n) is 6.29. The number of hydrogen-bond donors (Lipinski definition) is 3. The Kier molecular flexibility index (Phi) is 4.42. The van der Waals surface area contributed by atoms with Gasteiger partial charge in [0, 0.05) is 16.6 Å². The molecule has 3 N–H and O–H groups in total. The molecule has 0 unspecified atom stereocenters. The number of hydrogen-bond acceptors (Lipinski definition) is 4. The van der Waals surface area contributed by atoms with Crippen LogP contribution in [0.1, 0.15) is 19.7 Å². The second-order valence-electron chi connectivity index (χ2n) is 4.73. The molecule has 0 radical (unpaired) electrons. The Morgan fingerprint density at radius 1 is 1.40 bits per heavy atom. The second-order valence-corrected chi connectivity index (χ2v) is 5.13. The molecular weight excluding hydrogens is 278 g/mol. The van der Waals surface area contributed by atoms with Crippen molar-refractivity contribution in [1.29, 1.82) is 0 Å². The topological polar surface area (TPSA) is 78.0 Å². The van der Waals surface area contributed by atoms with Gasteiger partial charge in [-0.05, 0) is 6.07 Å². The van der Waals surface area contributed by atoms with Crippen molar-refractivity contribution >= 4 is 11.6 Å². The Labute approximate surface area is 121 Å². The lowest BCUT2D eigenvalue weighted by atomic mass is 10.1. The van der Waals surface area contributed by atoms with Gasteiger partial charge in [-0.1, -0.05) is 43.6 Å². The summed E-state index contributed by atoms with van der Waals surface area (Å²) < 4.78 is 0. The fourth-order valence-electron chi connectivity index (χ4n) is 1.80. The molecule has 0 aliphatic carbocycles. The minimum atomic E-state index is -0.411. The van der Waals surface area contributed by atoms with Crippen LogP contribution in [0.2, 0.25) is 5.02 Å². The minimum Gasteiger partial charge on any atom is -0.493 e. The first-order chi connectivity index (χ1) is 9.49. The van der Waals surface area contributed by atoms with Crippen molar-refractivity contribution in [3.63, 3.8) is 0 Å². The standard InChI is InChI=1S/C14H16ClN3O2/c1-8(2)16-7-11-17-13(19)12(14(20)18-11)9-5-3-4-6-10(9)15/h3-6,8,16H,7H2,1-2H3,(H2,17,18,19,20). The van der Waals surface area contributed by atoms with Crippen molar-refractivity contribution in [3.05, 3.63) is 45.5 Å². The molecule has 0 saturated heterocycles. The summed E-state index contributed by atoms with van der Waals surface area (Å²) in [5.74, 6) is 0.0689. The highest BCUT2D eigenvalue weighted by atomic mass is 35.5. The van der Waals surface area contributed by atoms with Crippen LogP contribution >= 0.6 is 11.6 Å². The third-order valence-electron chi connectivity index (χ3n) is 2.77. The van der Waals surface area contributed by atoms with E-state index in [4.69, 9.17) is 11.6 Å². The number of rotatable bonds is 4. The van der Waals surface area contributed by atoms with Gasteiger partial charge < -0.3 is 15.4 Å². The summed E-state index contributed by atoms with van der Waals surface area (Å²) in [6.07, 6.45) is 0. The zero-order valence-electron chi connectivity index (χ0n) is 11.3. The van der Waals surface area contributed by atoms with Gasteiger partial charge in [-0.3, -0.25) is 4.79 Å². The molecule has 2 aromatic rings. The fourth-order valence-corrected chi connectivity index (χ4v) is 2.03. The lowest BCUT2D eigenvalue weighted by molar-refractivity contribution is 0.446. The first-order valence-corrected chi connectivity index (χ1v) is 6.67. The average Bonchev–Trinajstić information content (AvgIpc) is 2.38. The van der Waals surface area contributed by atoms with E-state index < -0.39 is 5.56 Å². The van der Waals surface area contributed by atoms with Gasteiger partial charge in [-0.25, -0.2) is 0 Å². The van der Waals surface area contributed by atoms with Crippen LogP contribution in [-0.2, 0) is 6.54 Å². The highest BCUT2D eigenvalue weighted by Gasteiger charge is 2.15. The van der Waals surface area contributed by atoms with E-state index in [0.717, 1.165) is 0 Å². The van der Waals surface area contributed by atoms with Crippen molar-refractivity contribution in [2.24, 2.45) is 0 Å². The monoisotopic (exact) mass is 293 g/mol. The van der Waals surface area contributed by atoms with Crippen LogP contribution in [0, 0.1) is 0 Å². The predicted molar refractivity (Wildman–Crippen MR) is 78.9 cm³/mol. The van der Waals surface area contributed by atoms with E-state index in [2.05, 4.69) is 15.3 Å². The molecule has 20 heavy (non-hydrogen) atoms. The Morgan fingerprint density at radius 2 is 2.10 bits per heavy atom. The van der Waals surface area contributed by atoms with Crippen molar-refractivity contribution in [2.75, 3.05) is 0 Å². The summed E-state index contributed by atoms with van der Waals surface area (Å²) in [5.41, 5.74) is 0.138. The summed E-state index contributed by atoms with van der Waals surface area (Å²) in [6, 6.07) is 7.08. The van der Waals surface area contributed by atoms with Gasteiger partial charge in [0.1, 0.15) is 11.4 Å². The van der Waals surface area contributed by atoms with Crippen LogP contribution in [-0.4, -0.2) is 21.1 Å². The van der Waals surface area contributed by atoms with Gasteiger partial charge in [-0.15, -0.1) is 0 Å². The second kappa shape index (κ2) is 6.07. The normalized spacial score (nSPS) is 11.0. The molecule has 1 aromatic carbocycles. The Bertz CT molecular complexity index is 668. The molecule has 0 atom stereocenters. The summed E-state index contributed by atoms with van der Waals surface area (Å²) >= 11 is 6.04.